The monoisotopic (exact) mass is 346 g/mol. The van der Waals surface area contributed by atoms with Crippen LogP contribution in [0, 0.1) is 5.41 Å². The van der Waals surface area contributed by atoms with Crippen LogP contribution in [0.4, 0.5) is 0 Å². The van der Waals surface area contributed by atoms with Crippen LogP contribution >= 0.6 is 0 Å². The van der Waals surface area contributed by atoms with E-state index in [0.717, 1.165) is 63.3 Å². The lowest BCUT2D eigenvalue weighted by molar-refractivity contribution is -0.135. The summed E-state index contributed by atoms with van der Waals surface area (Å²) in [5.41, 5.74) is 0.976. The van der Waals surface area contributed by atoms with Gasteiger partial charge in [-0.15, -0.1) is 0 Å². The van der Waals surface area contributed by atoms with Crippen LogP contribution in [0.3, 0.4) is 0 Å². The topological polar surface area (TPSA) is 51.2 Å². The van der Waals surface area contributed by atoms with Gasteiger partial charge in [0.05, 0.1) is 12.5 Å². The lowest BCUT2D eigenvalue weighted by Gasteiger charge is -2.23. The highest BCUT2D eigenvalue weighted by atomic mass is 16.7. The van der Waals surface area contributed by atoms with E-state index in [-0.39, 0.29) is 12.2 Å². The summed E-state index contributed by atoms with van der Waals surface area (Å²) < 4.78 is 16.4. The van der Waals surface area contributed by atoms with E-state index in [1.54, 1.807) is 7.11 Å². The van der Waals surface area contributed by atoms with Crippen LogP contribution in [0.5, 0.6) is 17.2 Å². The van der Waals surface area contributed by atoms with Crippen molar-refractivity contribution in [2.24, 2.45) is 5.41 Å². The molecule has 25 heavy (non-hydrogen) atoms. The maximum absolute atomic E-state index is 12.8. The molecule has 136 valence electrons. The maximum Gasteiger partial charge on any atom is 0.231 e. The van der Waals surface area contributed by atoms with Gasteiger partial charge in [-0.2, -0.15) is 0 Å². The summed E-state index contributed by atoms with van der Waals surface area (Å²) in [7, 11) is 1.64. The number of rotatable bonds is 5. The summed E-state index contributed by atoms with van der Waals surface area (Å²) in [6, 6.07) is 4.04. The molecule has 1 atom stereocenters. The first kappa shape index (κ1) is 16.5. The van der Waals surface area contributed by atoms with Gasteiger partial charge in [0.1, 0.15) is 0 Å². The fourth-order valence-electron chi connectivity index (χ4n) is 4.38. The Morgan fingerprint density at radius 1 is 1.24 bits per heavy atom. The van der Waals surface area contributed by atoms with Crippen LogP contribution in [0.1, 0.15) is 31.7 Å². The van der Waals surface area contributed by atoms with Crippen molar-refractivity contribution in [3.05, 3.63) is 17.7 Å². The van der Waals surface area contributed by atoms with Crippen LogP contribution in [0.25, 0.3) is 0 Å². The molecule has 3 aliphatic rings. The number of carbonyl (C=O) groups excluding carboxylic acids is 1. The molecule has 1 spiro atoms. The lowest BCUT2D eigenvalue weighted by atomic mass is 9.85. The molecule has 2 fully saturated rings. The lowest BCUT2D eigenvalue weighted by Crippen LogP contribution is -2.37. The number of hydrogen-bond acceptors (Lipinski definition) is 5. The summed E-state index contributed by atoms with van der Waals surface area (Å²) in [5, 5.41) is 0. The largest absolute Gasteiger partial charge is 0.493 e. The van der Waals surface area contributed by atoms with Gasteiger partial charge in [-0.3, -0.25) is 9.69 Å². The van der Waals surface area contributed by atoms with E-state index < -0.39 is 0 Å². The molecule has 1 unspecified atom stereocenters. The van der Waals surface area contributed by atoms with Gasteiger partial charge in [0.15, 0.2) is 11.5 Å². The van der Waals surface area contributed by atoms with Crippen molar-refractivity contribution >= 4 is 5.91 Å². The molecule has 6 heteroatoms. The number of methoxy groups -OCH3 is 1. The van der Waals surface area contributed by atoms with Gasteiger partial charge in [0, 0.05) is 26.2 Å². The Kier molecular flexibility index (Phi) is 4.23. The van der Waals surface area contributed by atoms with Crippen molar-refractivity contribution in [1.82, 2.24) is 9.80 Å². The number of likely N-dealkylation sites (tertiary alicyclic amines) is 2. The Hall–Kier alpha value is -1.95. The average molecular weight is 346 g/mol. The molecule has 3 aliphatic heterocycles. The second-order valence-corrected chi connectivity index (χ2v) is 7.32. The summed E-state index contributed by atoms with van der Waals surface area (Å²) in [5.74, 6) is 2.50. The van der Waals surface area contributed by atoms with Crippen LogP contribution < -0.4 is 14.2 Å². The predicted octanol–water partition coefficient (Wildman–Crippen LogP) is 2.26. The first-order valence-corrected chi connectivity index (χ1v) is 9.13. The van der Waals surface area contributed by atoms with Crippen molar-refractivity contribution in [3.8, 4) is 17.2 Å². The van der Waals surface area contributed by atoms with Crippen LogP contribution in [-0.4, -0.2) is 55.8 Å². The highest BCUT2D eigenvalue weighted by Crippen LogP contribution is 2.44. The Balaban J connectivity index is 1.46. The SMILES string of the molecule is CCCN1CCC2(CCN(Cc3cc(OC)c4c(c3)OCO4)C2)C1=O. The minimum atomic E-state index is -0.157. The zero-order chi connectivity index (χ0) is 17.4. The van der Waals surface area contributed by atoms with Crippen LogP contribution in [0.15, 0.2) is 12.1 Å². The molecule has 1 amide bonds. The van der Waals surface area contributed by atoms with Crippen molar-refractivity contribution in [3.63, 3.8) is 0 Å². The molecule has 0 radical (unpaired) electrons. The Labute approximate surface area is 148 Å². The average Bonchev–Trinajstić information content (AvgIpc) is 3.31. The quantitative estimate of drug-likeness (QED) is 0.819. The smallest absolute Gasteiger partial charge is 0.231 e. The second-order valence-electron chi connectivity index (χ2n) is 7.32. The fourth-order valence-corrected chi connectivity index (χ4v) is 4.38. The van der Waals surface area contributed by atoms with Crippen molar-refractivity contribution < 1.29 is 19.0 Å². The van der Waals surface area contributed by atoms with Crippen LogP contribution in [-0.2, 0) is 11.3 Å². The number of carbonyl (C=O) groups is 1. The van der Waals surface area contributed by atoms with Crippen LogP contribution in [0.2, 0.25) is 0 Å². The first-order valence-electron chi connectivity index (χ1n) is 9.13. The van der Waals surface area contributed by atoms with Gasteiger partial charge in [0.2, 0.25) is 18.4 Å². The molecular formula is C19H26N2O4. The van der Waals surface area contributed by atoms with E-state index in [1.807, 2.05) is 17.0 Å². The molecule has 0 saturated carbocycles. The number of benzene rings is 1. The van der Waals surface area contributed by atoms with Gasteiger partial charge in [-0.05, 0) is 43.5 Å². The molecule has 2 saturated heterocycles. The number of fused-ring (bicyclic) bond motifs is 1. The summed E-state index contributed by atoms with van der Waals surface area (Å²) in [4.78, 5) is 17.2. The molecule has 0 bridgehead atoms. The Morgan fingerprint density at radius 3 is 2.88 bits per heavy atom. The first-order chi connectivity index (χ1) is 12.1. The van der Waals surface area contributed by atoms with Gasteiger partial charge >= 0.3 is 0 Å². The van der Waals surface area contributed by atoms with Gasteiger partial charge in [-0.1, -0.05) is 6.92 Å². The number of ether oxygens (including phenoxy) is 3. The van der Waals surface area contributed by atoms with E-state index in [9.17, 15) is 4.79 Å². The van der Waals surface area contributed by atoms with Gasteiger partial charge in [-0.25, -0.2) is 0 Å². The van der Waals surface area contributed by atoms with E-state index in [4.69, 9.17) is 14.2 Å². The van der Waals surface area contributed by atoms with Gasteiger partial charge < -0.3 is 19.1 Å². The highest BCUT2D eigenvalue weighted by molar-refractivity contribution is 5.85. The van der Waals surface area contributed by atoms with Crippen molar-refractivity contribution in [2.45, 2.75) is 32.7 Å². The maximum atomic E-state index is 12.8. The zero-order valence-corrected chi connectivity index (χ0v) is 15.0. The van der Waals surface area contributed by atoms with E-state index in [1.165, 1.54) is 0 Å². The molecular weight excluding hydrogens is 320 g/mol. The highest BCUT2D eigenvalue weighted by Gasteiger charge is 2.50. The predicted molar refractivity (Wildman–Crippen MR) is 92.9 cm³/mol. The van der Waals surface area contributed by atoms with Crippen molar-refractivity contribution in [2.75, 3.05) is 40.1 Å². The number of hydrogen-bond donors (Lipinski definition) is 0. The summed E-state index contributed by atoms with van der Waals surface area (Å²) in [6.07, 6.45) is 2.99. The molecule has 6 nitrogen and oxygen atoms in total. The third kappa shape index (κ3) is 2.82. The summed E-state index contributed by atoms with van der Waals surface area (Å²) >= 11 is 0. The zero-order valence-electron chi connectivity index (χ0n) is 15.0. The van der Waals surface area contributed by atoms with Gasteiger partial charge in [0.25, 0.3) is 0 Å². The van der Waals surface area contributed by atoms with E-state index >= 15 is 0 Å². The Bertz CT molecular complexity index is 678. The van der Waals surface area contributed by atoms with E-state index in [2.05, 4.69) is 11.8 Å². The number of amides is 1. The fraction of sp³-hybridized carbons (Fsp3) is 0.632. The molecule has 0 aromatic heterocycles. The summed E-state index contributed by atoms with van der Waals surface area (Å²) in [6.45, 7) is 6.79. The Morgan fingerprint density at radius 2 is 2.08 bits per heavy atom. The standard InChI is InChI=1S/C19H26N2O4/c1-3-6-21-8-5-19(18(21)22)4-7-20(12-19)11-14-9-15(23-2)17-16(10-14)24-13-25-17/h9-10H,3-8,11-13H2,1-2H3. The minimum absolute atomic E-state index is 0.157. The molecule has 0 N–H and O–H groups in total. The molecule has 4 rings (SSSR count). The molecule has 1 aromatic carbocycles. The normalized spacial score (nSPS) is 25.4. The minimum Gasteiger partial charge on any atom is -0.493 e. The molecule has 1 aromatic rings. The molecule has 3 heterocycles. The third-order valence-corrected chi connectivity index (χ3v) is 5.65. The molecule has 0 aliphatic carbocycles. The van der Waals surface area contributed by atoms with Crippen molar-refractivity contribution in [1.29, 1.82) is 0 Å². The van der Waals surface area contributed by atoms with E-state index in [0.29, 0.717) is 17.4 Å². The second kappa shape index (κ2) is 6.41. The number of nitrogens with zero attached hydrogens (tertiary/aromatic N) is 2. The third-order valence-electron chi connectivity index (χ3n) is 5.65.